The molecule has 2 heterocycles. The quantitative estimate of drug-likeness (QED) is 0.665. The number of amides is 1. The summed E-state index contributed by atoms with van der Waals surface area (Å²) in [7, 11) is 3.88. The van der Waals surface area contributed by atoms with Crippen molar-refractivity contribution in [3.05, 3.63) is 77.8 Å². The number of carbonyl (C=O) groups is 1. The maximum absolute atomic E-state index is 13.3. The molecule has 1 saturated heterocycles. The summed E-state index contributed by atoms with van der Waals surface area (Å²) >= 11 is 0. The van der Waals surface area contributed by atoms with Crippen LogP contribution in [-0.2, 0) is 11.0 Å². The molecule has 2 aromatic carbocycles. The van der Waals surface area contributed by atoms with Crippen LogP contribution in [-0.4, -0.2) is 56.0 Å². The van der Waals surface area contributed by atoms with Crippen molar-refractivity contribution >= 4 is 23.4 Å². The van der Waals surface area contributed by atoms with Crippen LogP contribution >= 0.6 is 0 Å². The van der Waals surface area contributed by atoms with Gasteiger partial charge in [-0.25, -0.2) is 0 Å². The molecule has 0 unspecified atom stereocenters. The lowest BCUT2D eigenvalue weighted by Gasteiger charge is -2.35. The van der Waals surface area contributed by atoms with Crippen LogP contribution in [0, 0.1) is 0 Å². The predicted molar refractivity (Wildman–Crippen MR) is 120 cm³/mol. The van der Waals surface area contributed by atoms with Crippen molar-refractivity contribution in [3.8, 4) is 0 Å². The average molecular weight is 442 g/mol. The van der Waals surface area contributed by atoms with Crippen LogP contribution < -0.4 is 9.80 Å². The number of rotatable bonds is 3. The highest BCUT2D eigenvalue weighted by Gasteiger charge is 2.31. The van der Waals surface area contributed by atoms with Gasteiger partial charge in [-0.3, -0.25) is 9.69 Å². The van der Waals surface area contributed by atoms with Crippen molar-refractivity contribution in [1.82, 2.24) is 9.80 Å². The average Bonchev–Trinajstić information content (AvgIpc) is 2.77. The molecule has 32 heavy (non-hydrogen) atoms. The molecule has 5 nitrogen and oxygen atoms in total. The van der Waals surface area contributed by atoms with Gasteiger partial charge in [0.15, 0.2) is 0 Å². The SMILES string of the molecule is CN1CCN(c2ccccc2/C=C2/C(=O)N(c3ccc(C(F)(F)F)cc3)C=CN2C)CC1. The molecule has 168 valence electrons. The lowest BCUT2D eigenvalue weighted by Crippen LogP contribution is -2.44. The molecule has 0 saturated carbocycles. The van der Waals surface area contributed by atoms with Crippen LogP contribution in [0.5, 0.6) is 0 Å². The Morgan fingerprint density at radius 2 is 1.53 bits per heavy atom. The number of para-hydroxylation sites is 1. The highest BCUT2D eigenvalue weighted by atomic mass is 19.4. The first-order chi connectivity index (χ1) is 15.2. The molecule has 0 spiro atoms. The summed E-state index contributed by atoms with van der Waals surface area (Å²) in [4.78, 5) is 21.0. The molecule has 0 radical (unpaired) electrons. The lowest BCUT2D eigenvalue weighted by atomic mass is 10.1. The summed E-state index contributed by atoms with van der Waals surface area (Å²) in [5.74, 6) is -0.303. The number of alkyl halides is 3. The van der Waals surface area contributed by atoms with Crippen LogP contribution in [0.25, 0.3) is 6.08 Å². The molecule has 8 heteroatoms. The zero-order valence-electron chi connectivity index (χ0n) is 18.0. The summed E-state index contributed by atoms with van der Waals surface area (Å²) in [6.07, 6.45) is 0.715. The van der Waals surface area contributed by atoms with Crippen molar-refractivity contribution in [2.75, 3.05) is 50.1 Å². The van der Waals surface area contributed by atoms with E-state index in [1.165, 1.54) is 17.0 Å². The number of halogens is 3. The third kappa shape index (κ3) is 4.50. The number of hydrogen-bond donors (Lipinski definition) is 0. The molecule has 4 rings (SSSR count). The van der Waals surface area contributed by atoms with Gasteiger partial charge in [0.25, 0.3) is 5.91 Å². The van der Waals surface area contributed by atoms with E-state index in [0.29, 0.717) is 11.4 Å². The summed E-state index contributed by atoms with van der Waals surface area (Å²) in [6, 6.07) is 12.5. The van der Waals surface area contributed by atoms with Crippen LogP contribution in [0.1, 0.15) is 11.1 Å². The third-order valence-electron chi connectivity index (χ3n) is 5.80. The Bertz CT molecular complexity index is 1040. The molecule has 2 aliphatic rings. The second kappa shape index (κ2) is 8.70. The number of hydrogen-bond acceptors (Lipinski definition) is 4. The molecular weight excluding hydrogens is 417 g/mol. The maximum Gasteiger partial charge on any atom is 0.416 e. The van der Waals surface area contributed by atoms with Gasteiger partial charge in [-0.2, -0.15) is 13.2 Å². The Morgan fingerprint density at radius 3 is 2.19 bits per heavy atom. The lowest BCUT2D eigenvalue weighted by molar-refractivity contribution is -0.137. The zero-order valence-corrected chi connectivity index (χ0v) is 18.0. The van der Waals surface area contributed by atoms with E-state index >= 15 is 0 Å². The molecule has 1 fully saturated rings. The van der Waals surface area contributed by atoms with E-state index in [2.05, 4.69) is 22.9 Å². The molecule has 1 amide bonds. The van der Waals surface area contributed by atoms with E-state index in [4.69, 9.17) is 0 Å². The maximum atomic E-state index is 13.3. The number of nitrogens with zero attached hydrogens (tertiary/aromatic N) is 4. The van der Waals surface area contributed by atoms with Gasteiger partial charge in [0.05, 0.1) is 5.56 Å². The van der Waals surface area contributed by atoms with Crippen LogP contribution in [0.2, 0.25) is 0 Å². The van der Waals surface area contributed by atoms with Gasteiger partial charge in [-0.1, -0.05) is 18.2 Å². The van der Waals surface area contributed by atoms with Crippen LogP contribution in [0.15, 0.2) is 66.6 Å². The minimum atomic E-state index is -4.42. The van der Waals surface area contributed by atoms with E-state index < -0.39 is 11.7 Å². The second-order valence-electron chi connectivity index (χ2n) is 8.01. The Balaban J connectivity index is 1.63. The smallest absolute Gasteiger partial charge is 0.368 e. The van der Waals surface area contributed by atoms with Gasteiger partial charge < -0.3 is 14.7 Å². The summed E-state index contributed by atoms with van der Waals surface area (Å²) in [5.41, 5.74) is 2.06. The molecule has 0 N–H and O–H groups in total. The standard InChI is InChI=1S/C24H25F3N4O/c1-28-11-14-30(15-12-28)21-6-4-3-5-18(21)17-22-23(32)31(16-13-29(22)2)20-9-7-19(8-10-20)24(25,26)27/h3-10,13,16-17H,11-12,14-15H2,1-2H3/b22-17-. The Labute approximate surface area is 185 Å². The molecule has 2 aromatic rings. The number of piperazine rings is 1. The fourth-order valence-electron chi connectivity index (χ4n) is 3.86. The first-order valence-corrected chi connectivity index (χ1v) is 10.4. The van der Waals surface area contributed by atoms with Gasteiger partial charge in [0.1, 0.15) is 5.70 Å². The highest BCUT2D eigenvalue weighted by Crippen LogP contribution is 2.32. The first-order valence-electron chi connectivity index (χ1n) is 10.4. The van der Waals surface area contributed by atoms with Crippen molar-refractivity contribution in [2.45, 2.75) is 6.18 Å². The van der Waals surface area contributed by atoms with Crippen LogP contribution in [0.3, 0.4) is 0 Å². The van der Waals surface area contributed by atoms with E-state index in [1.807, 2.05) is 24.3 Å². The fraction of sp³-hybridized carbons (Fsp3) is 0.292. The number of anilines is 2. The summed E-state index contributed by atoms with van der Waals surface area (Å²) in [5, 5.41) is 0. The minimum absolute atomic E-state index is 0.303. The summed E-state index contributed by atoms with van der Waals surface area (Å²) in [6.45, 7) is 3.73. The van der Waals surface area contributed by atoms with Crippen LogP contribution in [0.4, 0.5) is 24.5 Å². The van der Waals surface area contributed by atoms with Gasteiger partial charge >= 0.3 is 6.18 Å². The Hall–Kier alpha value is -3.26. The van der Waals surface area contributed by atoms with Gasteiger partial charge in [-0.05, 0) is 43.5 Å². The van der Waals surface area contributed by atoms with Gasteiger partial charge in [0.2, 0.25) is 0 Å². The fourth-order valence-corrected chi connectivity index (χ4v) is 3.86. The van der Waals surface area contributed by atoms with E-state index in [-0.39, 0.29) is 5.91 Å². The van der Waals surface area contributed by atoms with E-state index in [1.54, 1.807) is 24.3 Å². The number of carbonyl (C=O) groups excluding carboxylic acids is 1. The molecule has 0 atom stereocenters. The van der Waals surface area contributed by atoms with Crippen molar-refractivity contribution < 1.29 is 18.0 Å². The topological polar surface area (TPSA) is 30.0 Å². The monoisotopic (exact) mass is 442 g/mol. The largest absolute Gasteiger partial charge is 0.416 e. The summed E-state index contributed by atoms with van der Waals surface area (Å²) < 4.78 is 38.7. The van der Waals surface area contributed by atoms with Gasteiger partial charge in [0, 0.05) is 62.6 Å². The highest BCUT2D eigenvalue weighted by molar-refractivity contribution is 6.10. The number of likely N-dealkylation sites (N-methyl/N-ethyl adjacent to an activating group) is 2. The van der Waals surface area contributed by atoms with E-state index in [0.717, 1.165) is 49.6 Å². The van der Waals surface area contributed by atoms with Gasteiger partial charge in [-0.15, -0.1) is 0 Å². The third-order valence-corrected chi connectivity index (χ3v) is 5.80. The number of benzene rings is 2. The van der Waals surface area contributed by atoms with Crippen molar-refractivity contribution in [1.29, 1.82) is 0 Å². The van der Waals surface area contributed by atoms with Crippen molar-refractivity contribution in [3.63, 3.8) is 0 Å². The molecule has 0 aromatic heterocycles. The molecular formula is C24H25F3N4O. The second-order valence-corrected chi connectivity index (χ2v) is 8.01. The Morgan fingerprint density at radius 1 is 0.875 bits per heavy atom. The van der Waals surface area contributed by atoms with E-state index in [9.17, 15) is 18.0 Å². The first kappa shape index (κ1) is 22.0. The normalized spacial score (nSPS) is 19.2. The molecule has 0 aliphatic carbocycles. The zero-order chi connectivity index (χ0) is 22.9. The molecule has 2 aliphatic heterocycles. The Kier molecular flexibility index (Phi) is 5.97. The molecule has 0 bridgehead atoms. The van der Waals surface area contributed by atoms with Crippen molar-refractivity contribution in [2.24, 2.45) is 0 Å². The predicted octanol–water partition coefficient (Wildman–Crippen LogP) is 4.25. The minimum Gasteiger partial charge on any atom is -0.368 e.